The van der Waals surface area contributed by atoms with Crippen molar-refractivity contribution in [2.45, 2.75) is 31.2 Å². The van der Waals surface area contributed by atoms with E-state index in [1.165, 1.54) is 0 Å². The Bertz CT molecular complexity index is 657. The van der Waals surface area contributed by atoms with Crippen LogP contribution in [0.1, 0.15) is 18.4 Å². The number of nitrogens with zero attached hydrogens (tertiary/aromatic N) is 1. The lowest BCUT2D eigenvalue weighted by Gasteiger charge is -2.55. The lowest BCUT2D eigenvalue weighted by Crippen LogP contribution is -2.63. The Balaban J connectivity index is 1.63. The van der Waals surface area contributed by atoms with E-state index in [0.29, 0.717) is 11.8 Å². The summed E-state index contributed by atoms with van der Waals surface area (Å²) in [4.78, 5) is 2.35. The third-order valence-electron chi connectivity index (χ3n) is 5.98. The number of para-hydroxylation sites is 1. The monoisotopic (exact) mass is 326 g/mol. The van der Waals surface area contributed by atoms with Gasteiger partial charge in [0.1, 0.15) is 6.23 Å². The minimum atomic E-state index is -0.487. The maximum absolute atomic E-state index is 11.2. The van der Waals surface area contributed by atoms with Gasteiger partial charge in [0.2, 0.25) is 0 Å². The van der Waals surface area contributed by atoms with Crippen LogP contribution in [-0.2, 0) is 4.74 Å². The molecule has 24 heavy (non-hydrogen) atoms. The van der Waals surface area contributed by atoms with Gasteiger partial charge < -0.3 is 15.2 Å². The summed E-state index contributed by atoms with van der Waals surface area (Å²) < 4.78 is 5.78. The molecule has 0 saturated carbocycles. The number of hydrogen-bond donors (Lipinski definition) is 2. The van der Waals surface area contributed by atoms with E-state index < -0.39 is 6.10 Å². The lowest BCUT2D eigenvalue weighted by molar-refractivity contribution is -0.169. The summed E-state index contributed by atoms with van der Waals surface area (Å²) in [5, 5.41) is 14.6. The molecule has 128 valence electrons. The average Bonchev–Trinajstić information content (AvgIpc) is 2.66. The first-order valence-electron chi connectivity index (χ1n) is 8.87. The highest BCUT2D eigenvalue weighted by molar-refractivity contribution is 5.81. The predicted molar refractivity (Wildman–Crippen MR) is 96.6 cm³/mol. The molecule has 0 aliphatic carbocycles. The first-order chi connectivity index (χ1) is 11.7. The molecule has 1 aromatic rings. The molecule has 3 saturated heterocycles. The van der Waals surface area contributed by atoms with Crippen molar-refractivity contribution < 1.29 is 9.84 Å². The molecule has 0 amide bonds. The summed E-state index contributed by atoms with van der Waals surface area (Å²) >= 11 is 0. The maximum atomic E-state index is 11.2. The summed E-state index contributed by atoms with van der Waals surface area (Å²) in [6.45, 7) is 5.76. The fourth-order valence-corrected chi connectivity index (χ4v) is 4.83. The summed E-state index contributed by atoms with van der Waals surface area (Å²) in [5.74, 6) is 0.913. The largest absolute Gasteiger partial charge is 0.387 e. The molecular formula is C20H26N2O2. The molecule has 4 heterocycles. The summed E-state index contributed by atoms with van der Waals surface area (Å²) in [5.41, 5.74) is 3.28. The molecule has 0 aromatic heterocycles. The van der Waals surface area contributed by atoms with Crippen LogP contribution in [0.2, 0.25) is 0 Å². The normalized spacial score (nSPS) is 35.6. The van der Waals surface area contributed by atoms with Crippen LogP contribution in [0, 0.1) is 11.8 Å². The lowest BCUT2D eigenvalue weighted by atomic mass is 9.72. The smallest absolute Gasteiger partial charge is 0.117 e. The highest BCUT2D eigenvalue weighted by Gasteiger charge is 2.48. The molecule has 4 aliphatic rings. The SMILES string of the molecule is C=C[C@@H]1C(OC)N2CC[C@H]1C[C@H]2[C@H](O)C1=CCNc2ccccc21. The van der Waals surface area contributed by atoms with Gasteiger partial charge in [0, 0.05) is 43.4 Å². The molecule has 6 atom stereocenters. The molecule has 0 spiro atoms. The van der Waals surface area contributed by atoms with Gasteiger partial charge in [-0.25, -0.2) is 0 Å². The van der Waals surface area contributed by atoms with Gasteiger partial charge in [-0.3, -0.25) is 4.90 Å². The zero-order chi connectivity index (χ0) is 16.7. The number of anilines is 1. The number of piperidine rings is 3. The fourth-order valence-electron chi connectivity index (χ4n) is 4.83. The van der Waals surface area contributed by atoms with Crippen molar-refractivity contribution in [3.8, 4) is 0 Å². The Morgan fingerprint density at radius 3 is 3.04 bits per heavy atom. The Morgan fingerprint density at radius 1 is 1.42 bits per heavy atom. The highest BCUT2D eigenvalue weighted by atomic mass is 16.5. The molecule has 2 unspecified atom stereocenters. The highest BCUT2D eigenvalue weighted by Crippen LogP contribution is 2.44. The van der Waals surface area contributed by atoms with Crippen LogP contribution in [0.4, 0.5) is 5.69 Å². The molecule has 2 bridgehead atoms. The van der Waals surface area contributed by atoms with E-state index in [0.717, 1.165) is 42.8 Å². The number of nitrogens with one attached hydrogen (secondary N) is 1. The third-order valence-corrected chi connectivity index (χ3v) is 5.98. The van der Waals surface area contributed by atoms with Crippen molar-refractivity contribution in [1.29, 1.82) is 0 Å². The molecule has 4 aliphatic heterocycles. The zero-order valence-electron chi connectivity index (χ0n) is 14.2. The molecule has 3 fully saturated rings. The first-order valence-corrected chi connectivity index (χ1v) is 8.87. The van der Waals surface area contributed by atoms with Crippen molar-refractivity contribution in [3.63, 3.8) is 0 Å². The Labute approximate surface area is 143 Å². The minimum Gasteiger partial charge on any atom is -0.387 e. The van der Waals surface area contributed by atoms with Gasteiger partial charge in [0.15, 0.2) is 0 Å². The zero-order valence-corrected chi connectivity index (χ0v) is 14.2. The second-order valence-electron chi connectivity index (χ2n) is 7.06. The van der Waals surface area contributed by atoms with Crippen LogP contribution >= 0.6 is 0 Å². The number of fused-ring (bicyclic) bond motifs is 4. The Morgan fingerprint density at radius 2 is 2.25 bits per heavy atom. The predicted octanol–water partition coefficient (Wildman–Crippen LogP) is 2.73. The molecule has 2 N–H and O–H groups in total. The van der Waals surface area contributed by atoms with Crippen molar-refractivity contribution >= 4 is 11.3 Å². The van der Waals surface area contributed by atoms with Gasteiger partial charge in [-0.15, -0.1) is 6.58 Å². The Hall–Kier alpha value is -1.62. The number of ether oxygens (including phenoxy) is 1. The van der Waals surface area contributed by atoms with E-state index >= 15 is 0 Å². The maximum Gasteiger partial charge on any atom is 0.117 e. The first kappa shape index (κ1) is 15.9. The second kappa shape index (κ2) is 6.36. The molecular weight excluding hydrogens is 300 g/mol. The number of hydrogen-bond acceptors (Lipinski definition) is 4. The average molecular weight is 326 g/mol. The number of methoxy groups -OCH3 is 1. The quantitative estimate of drug-likeness (QED) is 0.835. The molecule has 4 heteroatoms. The standard InChI is InChI=1S/C20H26N2O2/c1-3-14-13-9-11-22(20(14)24-2)18(12-13)19(23)16-8-10-21-17-7-5-4-6-15(16)17/h3-8,13-14,18-21,23H,1,9-12H2,2H3/t13-,14-,18-,19+,20?/m0/s1. The summed E-state index contributed by atoms with van der Waals surface area (Å²) in [7, 11) is 1.77. The van der Waals surface area contributed by atoms with Crippen LogP contribution in [-0.4, -0.2) is 48.6 Å². The molecule has 4 nitrogen and oxygen atoms in total. The van der Waals surface area contributed by atoms with Gasteiger partial charge >= 0.3 is 0 Å². The number of benzene rings is 1. The Kier molecular flexibility index (Phi) is 4.21. The van der Waals surface area contributed by atoms with Gasteiger partial charge in [0.25, 0.3) is 0 Å². The van der Waals surface area contributed by atoms with Crippen LogP contribution in [0.5, 0.6) is 0 Å². The van der Waals surface area contributed by atoms with E-state index in [9.17, 15) is 5.11 Å². The van der Waals surface area contributed by atoms with E-state index in [-0.39, 0.29) is 12.3 Å². The van der Waals surface area contributed by atoms with Gasteiger partial charge in [-0.05, 0) is 30.4 Å². The summed E-state index contributed by atoms with van der Waals surface area (Å²) in [6, 6.07) is 8.35. The van der Waals surface area contributed by atoms with E-state index in [1.807, 2.05) is 18.2 Å². The van der Waals surface area contributed by atoms with Crippen molar-refractivity contribution in [2.75, 3.05) is 25.5 Å². The van der Waals surface area contributed by atoms with Crippen LogP contribution < -0.4 is 5.32 Å². The topological polar surface area (TPSA) is 44.7 Å². The number of rotatable bonds is 4. The van der Waals surface area contributed by atoms with Crippen LogP contribution in [0.3, 0.4) is 0 Å². The molecule has 0 radical (unpaired) electrons. The van der Waals surface area contributed by atoms with Crippen molar-refractivity contribution in [3.05, 3.63) is 48.6 Å². The van der Waals surface area contributed by atoms with Crippen LogP contribution in [0.25, 0.3) is 5.57 Å². The number of aliphatic hydroxyl groups excluding tert-OH is 1. The van der Waals surface area contributed by atoms with Gasteiger partial charge in [-0.1, -0.05) is 30.4 Å². The van der Waals surface area contributed by atoms with Crippen molar-refractivity contribution in [1.82, 2.24) is 4.90 Å². The van der Waals surface area contributed by atoms with Gasteiger partial charge in [0.05, 0.1) is 6.10 Å². The van der Waals surface area contributed by atoms with Gasteiger partial charge in [-0.2, -0.15) is 0 Å². The van der Waals surface area contributed by atoms with E-state index in [2.05, 4.69) is 35.0 Å². The summed E-state index contributed by atoms with van der Waals surface area (Å²) in [6.07, 6.45) is 5.88. The van der Waals surface area contributed by atoms with E-state index in [4.69, 9.17) is 4.74 Å². The third kappa shape index (κ3) is 2.41. The fraction of sp³-hybridized carbons (Fsp3) is 0.500. The molecule has 5 rings (SSSR count). The second-order valence-corrected chi connectivity index (χ2v) is 7.06. The number of aliphatic hydroxyl groups is 1. The minimum absolute atomic E-state index is 0.0345. The van der Waals surface area contributed by atoms with Crippen LogP contribution in [0.15, 0.2) is 43.0 Å². The molecule has 1 aromatic carbocycles. The van der Waals surface area contributed by atoms with E-state index in [1.54, 1.807) is 7.11 Å². The van der Waals surface area contributed by atoms with Crippen molar-refractivity contribution in [2.24, 2.45) is 11.8 Å².